The normalized spacial score (nSPS) is 25.9. The number of hydrogen-bond acceptors (Lipinski definition) is 1. The Bertz CT molecular complexity index is 260. The fraction of sp³-hybridized carbons (Fsp3) is 0.933. The van der Waals surface area contributed by atoms with Gasteiger partial charge in [0.15, 0.2) is 0 Å². The van der Waals surface area contributed by atoms with Crippen molar-refractivity contribution in [2.45, 2.75) is 65.2 Å². The van der Waals surface area contributed by atoms with Gasteiger partial charge in [0, 0.05) is 18.5 Å². The molecule has 2 nitrogen and oxygen atoms in total. The Labute approximate surface area is 106 Å². The van der Waals surface area contributed by atoms with Gasteiger partial charge in [-0.2, -0.15) is 0 Å². The minimum absolute atomic E-state index is 0.0305. The van der Waals surface area contributed by atoms with Crippen LogP contribution in [0.2, 0.25) is 0 Å². The van der Waals surface area contributed by atoms with Crippen molar-refractivity contribution in [1.29, 1.82) is 0 Å². The van der Waals surface area contributed by atoms with Crippen molar-refractivity contribution in [3.63, 3.8) is 0 Å². The zero-order valence-electron chi connectivity index (χ0n) is 11.5. The molecule has 0 aromatic heterocycles. The number of hydrogen-bond donors (Lipinski definition) is 0. The number of nitrogens with zero attached hydrogens (tertiary/aromatic N) is 1. The monoisotopic (exact) mass is 237 g/mol. The van der Waals surface area contributed by atoms with Crippen molar-refractivity contribution in [3.8, 4) is 0 Å². The molecule has 0 atom stereocenters. The molecule has 2 rings (SSSR count). The minimum Gasteiger partial charge on any atom is -0.342 e. The first-order valence-electron chi connectivity index (χ1n) is 7.45. The van der Waals surface area contributed by atoms with Gasteiger partial charge in [-0.25, -0.2) is 0 Å². The van der Waals surface area contributed by atoms with Crippen LogP contribution in [0.15, 0.2) is 0 Å². The smallest absolute Gasteiger partial charge is 0.228 e. The van der Waals surface area contributed by atoms with Crippen molar-refractivity contribution < 1.29 is 4.79 Å². The summed E-state index contributed by atoms with van der Waals surface area (Å²) in [6.45, 7) is 6.48. The number of amides is 1. The highest BCUT2D eigenvalue weighted by atomic mass is 16.2. The van der Waals surface area contributed by atoms with Crippen molar-refractivity contribution >= 4 is 5.91 Å². The molecule has 0 unspecified atom stereocenters. The van der Waals surface area contributed by atoms with Gasteiger partial charge in [0.1, 0.15) is 0 Å². The lowest BCUT2D eigenvalue weighted by atomic mass is 9.74. The van der Waals surface area contributed by atoms with E-state index in [1.807, 2.05) is 0 Å². The maximum atomic E-state index is 12.6. The zero-order chi connectivity index (χ0) is 12.3. The molecule has 0 aromatic carbocycles. The summed E-state index contributed by atoms with van der Waals surface area (Å²) >= 11 is 0. The predicted octanol–water partition coefficient (Wildman–Crippen LogP) is 3.61. The van der Waals surface area contributed by atoms with Gasteiger partial charge >= 0.3 is 0 Å². The molecule has 1 aliphatic carbocycles. The molecule has 0 radical (unpaired) electrons. The molecule has 1 amide bonds. The van der Waals surface area contributed by atoms with E-state index in [-0.39, 0.29) is 5.41 Å². The quantitative estimate of drug-likeness (QED) is 0.718. The van der Waals surface area contributed by atoms with Gasteiger partial charge in [-0.05, 0) is 31.6 Å². The van der Waals surface area contributed by atoms with E-state index < -0.39 is 0 Å². The van der Waals surface area contributed by atoms with Crippen molar-refractivity contribution in [2.24, 2.45) is 11.3 Å². The highest BCUT2D eigenvalue weighted by Gasteiger charge is 2.38. The summed E-state index contributed by atoms with van der Waals surface area (Å²) < 4.78 is 0. The van der Waals surface area contributed by atoms with Gasteiger partial charge in [-0.1, -0.05) is 39.5 Å². The Morgan fingerprint density at radius 3 is 2.29 bits per heavy atom. The molecule has 0 bridgehead atoms. The van der Waals surface area contributed by atoms with Crippen LogP contribution in [0, 0.1) is 11.3 Å². The third-order valence-corrected chi connectivity index (χ3v) is 4.95. The summed E-state index contributed by atoms with van der Waals surface area (Å²) in [5.74, 6) is 1.31. The average molecular weight is 237 g/mol. The van der Waals surface area contributed by atoms with Crippen LogP contribution in [0.5, 0.6) is 0 Å². The van der Waals surface area contributed by atoms with Gasteiger partial charge in [0.2, 0.25) is 5.91 Å². The van der Waals surface area contributed by atoms with Crippen LogP contribution in [0.25, 0.3) is 0 Å². The van der Waals surface area contributed by atoms with E-state index in [2.05, 4.69) is 18.7 Å². The summed E-state index contributed by atoms with van der Waals surface area (Å²) in [7, 11) is 0. The van der Waals surface area contributed by atoms with Gasteiger partial charge in [0.05, 0.1) is 0 Å². The van der Waals surface area contributed by atoms with Crippen molar-refractivity contribution in [3.05, 3.63) is 0 Å². The lowest BCUT2D eigenvalue weighted by Gasteiger charge is -2.40. The molecule has 0 spiro atoms. The van der Waals surface area contributed by atoms with Crippen LogP contribution in [0.1, 0.15) is 65.2 Å². The van der Waals surface area contributed by atoms with Crippen LogP contribution in [0.4, 0.5) is 0 Å². The molecule has 1 heterocycles. The second kappa shape index (κ2) is 5.41. The van der Waals surface area contributed by atoms with Crippen LogP contribution >= 0.6 is 0 Å². The lowest BCUT2D eigenvalue weighted by Crippen LogP contribution is -2.46. The van der Waals surface area contributed by atoms with Crippen LogP contribution in [-0.4, -0.2) is 23.9 Å². The fourth-order valence-corrected chi connectivity index (χ4v) is 3.47. The van der Waals surface area contributed by atoms with Crippen molar-refractivity contribution in [1.82, 2.24) is 4.90 Å². The van der Waals surface area contributed by atoms with E-state index in [0.29, 0.717) is 5.91 Å². The molecule has 17 heavy (non-hydrogen) atoms. The van der Waals surface area contributed by atoms with Crippen LogP contribution < -0.4 is 0 Å². The first-order chi connectivity index (χ1) is 8.15. The van der Waals surface area contributed by atoms with E-state index in [4.69, 9.17) is 0 Å². The maximum absolute atomic E-state index is 12.6. The molecule has 0 aromatic rings. The highest BCUT2D eigenvalue weighted by Crippen LogP contribution is 2.38. The first-order valence-corrected chi connectivity index (χ1v) is 7.45. The van der Waals surface area contributed by atoms with Gasteiger partial charge in [-0.3, -0.25) is 4.79 Å². The third-order valence-electron chi connectivity index (χ3n) is 4.95. The SMILES string of the molecule is CCC1CCN(C(=O)C2(C)CCCCC2)CC1. The molecule has 0 N–H and O–H groups in total. The largest absolute Gasteiger partial charge is 0.342 e. The minimum atomic E-state index is -0.0305. The van der Waals surface area contributed by atoms with Crippen LogP contribution in [-0.2, 0) is 4.79 Å². The van der Waals surface area contributed by atoms with E-state index in [1.165, 1.54) is 38.5 Å². The van der Waals surface area contributed by atoms with Gasteiger partial charge in [-0.15, -0.1) is 0 Å². The van der Waals surface area contributed by atoms with E-state index in [1.54, 1.807) is 0 Å². The summed E-state index contributed by atoms with van der Waals surface area (Å²) in [5.41, 5.74) is -0.0305. The second-order valence-corrected chi connectivity index (χ2v) is 6.27. The second-order valence-electron chi connectivity index (χ2n) is 6.27. The summed E-state index contributed by atoms with van der Waals surface area (Å²) in [4.78, 5) is 14.7. The van der Waals surface area contributed by atoms with Gasteiger partial charge < -0.3 is 4.90 Å². The number of carbonyl (C=O) groups is 1. The Morgan fingerprint density at radius 1 is 1.18 bits per heavy atom. The van der Waals surface area contributed by atoms with E-state index in [0.717, 1.165) is 31.8 Å². The highest BCUT2D eigenvalue weighted by molar-refractivity contribution is 5.82. The molecule has 2 fully saturated rings. The Kier molecular flexibility index (Phi) is 4.11. The Morgan fingerprint density at radius 2 is 1.76 bits per heavy atom. The standard InChI is InChI=1S/C15H27NO/c1-3-13-7-11-16(12-8-13)14(17)15(2)9-5-4-6-10-15/h13H,3-12H2,1-2H3. The average Bonchev–Trinajstić information content (AvgIpc) is 2.39. The number of piperidine rings is 1. The Hall–Kier alpha value is -0.530. The molecule has 2 heteroatoms. The number of likely N-dealkylation sites (tertiary alicyclic amines) is 1. The topological polar surface area (TPSA) is 20.3 Å². The third kappa shape index (κ3) is 2.83. The molecule has 1 saturated heterocycles. The molecular formula is C15H27NO. The number of rotatable bonds is 2. The number of carbonyl (C=O) groups excluding carboxylic acids is 1. The summed E-state index contributed by atoms with van der Waals surface area (Å²) in [5, 5.41) is 0. The molecule has 1 saturated carbocycles. The van der Waals surface area contributed by atoms with E-state index in [9.17, 15) is 4.79 Å². The van der Waals surface area contributed by atoms with Crippen molar-refractivity contribution in [2.75, 3.05) is 13.1 Å². The van der Waals surface area contributed by atoms with Crippen LogP contribution in [0.3, 0.4) is 0 Å². The molecule has 98 valence electrons. The molecular weight excluding hydrogens is 210 g/mol. The first kappa shape index (κ1) is 12.9. The lowest BCUT2D eigenvalue weighted by molar-refractivity contribution is -0.144. The molecule has 2 aliphatic rings. The maximum Gasteiger partial charge on any atom is 0.228 e. The van der Waals surface area contributed by atoms with Gasteiger partial charge in [0.25, 0.3) is 0 Å². The summed E-state index contributed by atoms with van der Waals surface area (Å²) in [6.07, 6.45) is 9.75. The van der Waals surface area contributed by atoms with E-state index >= 15 is 0 Å². The Balaban J connectivity index is 1.91. The zero-order valence-corrected chi connectivity index (χ0v) is 11.5. The summed E-state index contributed by atoms with van der Waals surface area (Å²) in [6, 6.07) is 0. The predicted molar refractivity (Wildman–Crippen MR) is 70.8 cm³/mol. The fourth-order valence-electron chi connectivity index (χ4n) is 3.47. The molecule has 1 aliphatic heterocycles.